The quantitative estimate of drug-likeness (QED) is 0.664. The standard InChI is InChI=1S/C9H6ClF3O/c10-5-2-6(11)4(1-7(5)12)9-8(13)3-14-9/h1-2,8-9H,3H2/t8?,9-/m0/s1. The summed E-state index contributed by atoms with van der Waals surface area (Å²) in [7, 11) is 0. The largest absolute Gasteiger partial charge is 0.367 e. The molecule has 1 heterocycles. The van der Waals surface area contributed by atoms with Gasteiger partial charge >= 0.3 is 0 Å². The predicted octanol–water partition coefficient (Wildman–Crippen LogP) is 3.03. The summed E-state index contributed by atoms with van der Waals surface area (Å²) in [5, 5.41) is -0.319. The first-order valence-electron chi connectivity index (χ1n) is 3.99. The predicted molar refractivity (Wildman–Crippen MR) is 45.0 cm³/mol. The van der Waals surface area contributed by atoms with Crippen molar-refractivity contribution in [3.63, 3.8) is 0 Å². The maximum absolute atomic E-state index is 13.2. The van der Waals surface area contributed by atoms with Crippen molar-refractivity contribution in [2.45, 2.75) is 12.3 Å². The fourth-order valence-electron chi connectivity index (χ4n) is 1.31. The average Bonchev–Trinajstić information content (AvgIpc) is 2.12. The molecule has 76 valence electrons. The molecule has 14 heavy (non-hydrogen) atoms. The molecule has 0 radical (unpaired) electrons. The van der Waals surface area contributed by atoms with Crippen LogP contribution in [0.4, 0.5) is 13.2 Å². The van der Waals surface area contributed by atoms with Gasteiger partial charge in [-0.2, -0.15) is 0 Å². The smallest absolute Gasteiger partial charge is 0.154 e. The van der Waals surface area contributed by atoms with Gasteiger partial charge in [0.2, 0.25) is 0 Å². The first kappa shape index (κ1) is 9.80. The summed E-state index contributed by atoms with van der Waals surface area (Å²) in [6, 6.07) is 1.69. The number of hydrogen-bond donors (Lipinski definition) is 0. The molecule has 2 rings (SSSR count). The molecule has 1 unspecified atom stereocenters. The number of alkyl halides is 1. The lowest BCUT2D eigenvalue weighted by atomic mass is 10.0. The molecule has 1 nitrogen and oxygen atoms in total. The Hall–Kier alpha value is -0.740. The lowest BCUT2D eigenvalue weighted by Gasteiger charge is -2.31. The summed E-state index contributed by atoms with van der Waals surface area (Å²) in [6.45, 7) is -0.0750. The van der Waals surface area contributed by atoms with Gasteiger partial charge in [-0.3, -0.25) is 0 Å². The number of ether oxygens (including phenoxy) is 1. The maximum Gasteiger partial charge on any atom is 0.154 e. The Labute approximate surface area is 83.4 Å². The second-order valence-corrected chi connectivity index (χ2v) is 3.46. The minimum atomic E-state index is -1.27. The highest BCUT2D eigenvalue weighted by atomic mass is 35.5. The van der Waals surface area contributed by atoms with Crippen molar-refractivity contribution in [1.82, 2.24) is 0 Å². The normalized spacial score (nSPS) is 26.0. The molecule has 0 saturated carbocycles. The molecular formula is C9H6ClF3O. The van der Waals surface area contributed by atoms with E-state index in [4.69, 9.17) is 16.3 Å². The third kappa shape index (κ3) is 1.48. The molecule has 1 fully saturated rings. The van der Waals surface area contributed by atoms with E-state index >= 15 is 0 Å². The summed E-state index contributed by atoms with van der Waals surface area (Å²) < 4.78 is 43.7. The van der Waals surface area contributed by atoms with Gasteiger partial charge in [0.05, 0.1) is 11.6 Å². The van der Waals surface area contributed by atoms with Crippen LogP contribution in [-0.2, 0) is 4.74 Å². The van der Waals surface area contributed by atoms with E-state index in [2.05, 4.69) is 0 Å². The first-order chi connectivity index (χ1) is 6.59. The van der Waals surface area contributed by atoms with Crippen molar-refractivity contribution in [1.29, 1.82) is 0 Å². The van der Waals surface area contributed by atoms with Gasteiger partial charge in [-0.05, 0) is 12.1 Å². The minimum absolute atomic E-state index is 0.0750. The van der Waals surface area contributed by atoms with Gasteiger partial charge in [0.25, 0.3) is 0 Å². The third-order valence-corrected chi connectivity index (χ3v) is 2.40. The SMILES string of the molecule is Fc1cc([C@@H]2OCC2F)c(F)cc1Cl. The summed E-state index contributed by atoms with van der Waals surface area (Å²) in [4.78, 5) is 0. The van der Waals surface area contributed by atoms with E-state index < -0.39 is 23.9 Å². The van der Waals surface area contributed by atoms with Crippen LogP contribution in [0, 0.1) is 11.6 Å². The van der Waals surface area contributed by atoms with Crippen LogP contribution in [-0.4, -0.2) is 12.8 Å². The van der Waals surface area contributed by atoms with Crippen molar-refractivity contribution in [3.05, 3.63) is 34.4 Å². The Balaban J connectivity index is 2.38. The zero-order valence-electron chi connectivity index (χ0n) is 6.94. The van der Waals surface area contributed by atoms with Crippen LogP contribution in [0.1, 0.15) is 11.7 Å². The van der Waals surface area contributed by atoms with Crippen LogP contribution in [0.25, 0.3) is 0 Å². The fraction of sp³-hybridized carbons (Fsp3) is 0.333. The maximum atomic E-state index is 13.2. The number of halogens is 4. The van der Waals surface area contributed by atoms with E-state index in [1.807, 2.05) is 0 Å². The Morgan fingerprint density at radius 3 is 2.50 bits per heavy atom. The summed E-state index contributed by atoms with van der Waals surface area (Å²) in [6.07, 6.45) is -2.27. The van der Waals surface area contributed by atoms with Crippen molar-refractivity contribution >= 4 is 11.6 Å². The van der Waals surface area contributed by atoms with Crippen molar-refractivity contribution in [2.24, 2.45) is 0 Å². The zero-order chi connectivity index (χ0) is 10.3. The molecule has 2 atom stereocenters. The molecular weight excluding hydrogens is 217 g/mol. The van der Waals surface area contributed by atoms with E-state index in [9.17, 15) is 13.2 Å². The molecule has 1 aliphatic heterocycles. The summed E-state index contributed by atoms with van der Waals surface area (Å²) in [5.41, 5.74) is -0.120. The lowest BCUT2D eigenvalue weighted by molar-refractivity contribution is -0.130. The first-order valence-corrected chi connectivity index (χ1v) is 4.37. The van der Waals surface area contributed by atoms with E-state index in [1.165, 1.54) is 0 Å². The molecule has 0 aliphatic carbocycles. The fourth-order valence-corrected chi connectivity index (χ4v) is 1.46. The Kier molecular flexibility index (Phi) is 2.41. The van der Waals surface area contributed by atoms with E-state index in [-0.39, 0.29) is 17.2 Å². The van der Waals surface area contributed by atoms with Gasteiger partial charge in [0.1, 0.15) is 17.7 Å². The molecule has 1 aliphatic rings. The molecule has 0 bridgehead atoms. The Morgan fingerprint density at radius 2 is 2.00 bits per heavy atom. The third-order valence-electron chi connectivity index (χ3n) is 2.11. The number of benzene rings is 1. The van der Waals surface area contributed by atoms with Crippen LogP contribution >= 0.6 is 11.6 Å². The van der Waals surface area contributed by atoms with E-state index in [1.54, 1.807) is 0 Å². The van der Waals surface area contributed by atoms with E-state index in [0.717, 1.165) is 12.1 Å². The van der Waals surface area contributed by atoms with Crippen LogP contribution in [0.3, 0.4) is 0 Å². The Morgan fingerprint density at radius 1 is 1.29 bits per heavy atom. The second-order valence-electron chi connectivity index (χ2n) is 3.06. The molecule has 0 aromatic heterocycles. The number of hydrogen-bond acceptors (Lipinski definition) is 1. The molecule has 0 amide bonds. The van der Waals surface area contributed by atoms with Crippen LogP contribution in [0.5, 0.6) is 0 Å². The van der Waals surface area contributed by atoms with Crippen molar-refractivity contribution in [2.75, 3.05) is 6.61 Å². The number of rotatable bonds is 1. The van der Waals surface area contributed by atoms with Crippen LogP contribution < -0.4 is 0 Å². The molecule has 1 saturated heterocycles. The monoisotopic (exact) mass is 222 g/mol. The van der Waals surface area contributed by atoms with Gasteiger partial charge in [0.15, 0.2) is 6.17 Å². The van der Waals surface area contributed by atoms with Gasteiger partial charge in [-0.15, -0.1) is 0 Å². The van der Waals surface area contributed by atoms with Gasteiger partial charge in [-0.25, -0.2) is 13.2 Å². The summed E-state index contributed by atoms with van der Waals surface area (Å²) in [5.74, 6) is -1.52. The van der Waals surface area contributed by atoms with Crippen LogP contribution in [0.15, 0.2) is 12.1 Å². The van der Waals surface area contributed by atoms with Crippen molar-refractivity contribution < 1.29 is 17.9 Å². The minimum Gasteiger partial charge on any atom is -0.367 e. The Bertz CT molecular complexity index is 369. The highest BCUT2D eigenvalue weighted by Crippen LogP contribution is 2.35. The van der Waals surface area contributed by atoms with E-state index in [0.29, 0.717) is 0 Å². The van der Waals surface area contributed by atoms with Gasteiger partial charge in [-0.1, -0.05) is 11.6 Å². The molecule has 0 N–H and O–H groups in total. The van der Waals surface area contributed by atoms with Crippen molar-refractivity contribution in [3.8, 4) is 0 Å². The lowest BCUT2D eigenvalue weighted by Crippen LogP contribution is -2.34. The average molecular weight is 223 g/mol. The molecule has 0 spiro atoms. The van der Waals surface area contributed by atoms with Crippen LogP contribution in [0.2, 0.25) is 5.02 Å². The highest BCUT2D eigenvalue weighted by Gasteiger charge is 2.35. The highest BCUT2D eigenvalue weighted by molar-refractivity contribution is 6.30. The molecule has 5 heteroatoms. The molecule has 1 aromatic carbocycles. The zero-order valence-corrected chi connectivity index (χ0v) is 7.69. The topological polar surface area (TPSA) is 9.23 Å². The summed E-state index contributed by atoms with van der Waals surface area (Å²) >= 11 is 5.34. The van der Waals surface area contributed by atoms with Gasteiger partial charge < -0.3 is 4.74 Å². The molecule has 1 aromatic rings. The second kappa shape index (κ2) is 3.44. The van der Waals surface area contributed by atoms with Gasteiger partial charge in [0, 0.05) is 5.56 Å².